The first-order chi connectivity index (χ1) is 8.38. The number of carboxylic acids is 1. The van der Waals surface area contributed by atoms with Gasteiger partial charge >= 0.3 is 5.97 Å². The topological polar surface area (TPSA) is 40.5 Å². The lowest BCUT2D eigenvalue weighted by molar-refractivity contribution is -0.149. The molecular formula is C15H25NO2. The Morgan fingerprint density at radius 2 is 1.78 bits per heavy atom. The van der Waals surface area contributed by atoms with E-state index in [-0.39, 0.29) is 5.92 Å². The monoisotopic (exact) mass is 251 g/mol. The molecule has 1 N–H and O–H groups in total. The Hall–Kier alpha value is -0.570. The van der Waals surface area contributed by atoms with E-state index in [1.54, 1.807) is 0 Å². The molecule has 4 atom stereocenters. The number of fused-ring (bicyclic) bond motifs is 2. The lowest BCUT2D eigenvalue weighted by atomic mass is 9.73. The molecule has 3 aliphatic rings. The van der Waals surface area contributed by atoms with Gasteiger partial charge in [0.2, 0.25) is 0 Å². The van der Waals surface area contributed by atoms with Crippen molar-refractivity contribution in [3.63, 3.8) is 0 Å². The molecule has 0 aromatic rings. The Labute approximate surface area is 110 Å². The van der Waals surface area contributed by atoms with E-state index in [0.717, 1.165) is 31.8 Å². The molecule has 3 heteroatoms. The smallest absolute Gasteiger partial charge is 0.308 e. The Bertz CT molecular complexity index is 354. The van der Waals surface area contributed by atoms with Gasteiger partial charge in [-0.15, -0.1) is 0 Å². The van der Waals surface area contributed by atoms with Gasteiger partial charge in [-0.3, -0.25) is 9.69 Å². The largest absolute Gasteiger partial charge is 0.481 e. The number of carbonyl (C=O) groups is 1. The van der Waals surface area contributed by atoms with Crippen LogP contribution in [0.5, 0.6) is 0 Å². The molecule has 2 saturated carbocycles. The Morgan fingerprint density at radius 3 is 2.33 bits per heavy atom. The van der Waals surface area contributed by atoms with E-state index >= 15 is 0 Å². The van der Waals surface area contributed by atoms with Crippen molar-refractivity contribution in [3.05, 3.63) is 0 Å². The molecule has 0 radical (unpaired) electrons. The predicted octanol–water partition coefficient (Wildman–Crippen LogP) is 2.46. The van der Waals surface area contributed by atoms with Gasteiger partial charge in [0.05, 0.1) is 5.92 Å². The maximum absolute atomic E-state index is 11.5. The van der Waals surface area contributed by atoms with Gasteiger partial charge in [0, 0.05) is 19.1 Å². The number of likely N-dealkylation sites (tertiary alicyclic amines) is 1. The van der Waals surface area contributed by atoms with Crippen molar-refractivity contribution < 1.29 is 9.90 Å². The lowest BCUT2D eigenvalue weighted by Gasteiger charge is -2.52. The molecule has 1 aliphatic heterocycles. The molecule has 102 valence electrons. The summed E-state index contributed by atoms with van der Waals surface area (Å²) in [5, 5.41) is 9.47. The summed E-state index contributed by atoms with van der Waals surface area (Å²) in [6.07, 6.45) is 3.57. The Morgan fingerprint density at radius 1 is 1.17 bits per heavy atom. The fraction of sp³-hybridized carbons (Fsp3) is 0.933. The molecule has 2 bridgehead atoms. The molecule has 0 spiro atoms. The third-order valence-corrected chi connectivity index (χ3v) is 5.71. The molecule has 0 aromatic heterocycles. The highest BCUT2D eigenvalue weighted by molar-refractivity contribution is 5.72. The number of carboxylic acid groups (broad SMARTS) is 1. The van der Waals surface area contributed by atoms with Crippen molar-refractivity contribution in [3.8, 4) is 0 Å². The van der Waals surface area contributed by atoms with Gasteiger partial charge in [0.15, 0.2) is 0 Å². The summed E-state index contributed by atoms with van der Waals surface area (Å²) in [7, 11) is 0. The van der Waals surface area contributed by atoms with Crippen LogP contribution in [0.1, 0.15) is 40.0 Å². The van der Waals surface area contributed by atoms with E-state index in [4.69, 9.17) is 0 Å². The van der Waals surface area contributed by atoms with Crippen LogP contribution in [-0.2, 0) is 4.79 Å². The second-order valence-electron chi connectivity index (χ2n) is 7.70. The van der Waals surface area contributed by atoms with Crippen molar-refractivity contribution in [1.82, 2.24) is 4.90 Å². The van der Waals surface area contributed by atoms with Crippen molar-refractivity contribution in [1.29, 1.82) is 0 Å². The molecular weight excluding hydrogens is 226 g/mol. The van der Waals surface area contributed by atoms with Crippen LogP contribution in [0.3, 0.4) is 0 Å². The zero-order valence-electron chi connectivity index (χ0n) is 11.7. The summed E-state index contributed by atoms with van der Waals surface area (Å²) in [6, 6.07) is 0.347. The third kappa shape index (κ3) is 1.78. The van der Waals surface area contributed by atoms with Crippen LogP contribution in [0.25, 0.3) is 0 Å². The molecule has 0 amide bonds. The van der Waals surface area contributed by atoms with Crippen LogP contribution in [0.15, 0.2) is 0 Å². The first-order valence-corrected chi connectivity index (χ1v) is 7.35. The SMILES string of the molecule is CC(C)(C)C1CN(C2C3CCC(C3)C2C(=O)O)C1. The fourth-order valence-corrected chi connectivity index (χ4v) is 4.44. The van der Waals surface area contributed by atoms with Gasteiger partial charge in [-0.1, -0.05) is 20.8 Å². The number of aliphatic carboxylic acids is 1. The first kappa shape index (κ1) is 12.5. The maximum atomic E-state index is 11.5. The number of hydrogen-bond donors (Lipinski definition) is 1. The van der Waals surface area contributed by atoms with Crippen molar-refractivity contribution in [2.75, 3.05) is 13.1 Å². The molecule has 3 fully saturated rings. The van der Waals surface area contributed by atoms with E-state index in [0.29, 0.717) is 23.3 Å². The number of nitrogens with zero attached hydrogens (tertiary/aromatic N) is 1. The molecule has 2 aliphatic carbocycles. The van der Waals surface area contributed by atoms with Crippen LogP contribution < -0.4 is 0 Å². The molecule has 3 nitrogen and oxygen atoms in total. The average Bonchev–Trinajstić information content (AvgIpc) is 2.71. The summed E-state index contributed by atoms with van der Waals surface area (Å²) in [5.74, 6) is 1.24. The highest BCUT2D eigenvalue weighted by Gasteiger charge is 2.55. The highest BCUT2D eigenvalue weighted by atomic mass is 16.4. The summed E-state index contributed by atoms with van der Waals surface area (Å²) in [6.45, 7) is 9.11. The first-order valence-electron chi connectivity index (χ1n) is 7.35. The van der Waals surface area contributed by atoms with E-state index in [9.17, 15) is 9.90 Å². The van der Waals surface area contributed by atoms with E-state index in [1.165, 1.54) is 6.42 Å². The normalized spacial score (nSPS) is 41.1. The average molecular weight is 251 g/mol. The lowest BCUT2D eigenvalue weighted by Crippen LogP contribution is -2.60. The van der Waals surface area contributed by atoms with Crippen molar-refractivity contribution in [2.24, 2.45) is 29.1 Å². The fourth-order valence-electron chi connectivity index (χ4n) is 4.44. The molecule has 1 heterocycles. The van der Waals surface area contributed by atoms with Gasteiger partial charge in [0.1, 0.15) is 0 Å². The van der Waals surface area contributed by atoms with Crippen LogP contribution in [-0.4, -0.2) is 35.1 Å². The summed E-state index contributed by atoms with van der Waals surface area (Å²) >= 11 is 0. The zero-order chi connectivity index (χ0) is 13.1. The van der Waals surface area contributed by atoms with Gasteiger partial charge in [-0.2, -0.15) is 0 Å². The van der Waals surface area contributed by atoms with E-state index in [1.807, 2.05) is 0 Å². The van der Waals surface area contributed by atoms with Gasteiger partial charge < -0.3 is 5.11 Å². The molecule has 18 heavy (non-hydrogen) atoms. The van der Waals surface area contributed by atoms with Crippen LogP contribution in [0, 0.1) is 29.1 Å². The van der Waals surface area contributed by atoms with Crippen LogP contribution >= 0.6 is 0 Å². The van der Waals surface area contributed by atoms with E-state index in [2.05, 4.69) is 25.7 Å². The highest BCUT2D eigenvalue weighted by Crippen LogP contribution is 2.52. The minimum atomic E-state index is -0.550. The molecule has 4 unspecified atom stereocenters. The van der Waals surface area contributed by atoms with Crippen molar-refractivity contribution in [2.45, 2.75) is 46.1 Å². The van der Waals surface area contributed by atoms with E-state index < -0.39 is 5.97 Å². The second-order valence-corrected chi connectivity index (χ2v) is 7.70. The van der Waals surface area contributed by atoms with Crippen LogP contribution in [0.2, 0.25) is 0 Å². The standard InChI is InChI=1S/C15H25NO2/c1-15(2,3)11-7-16(8-11)13-10-5-4-9(6-10)12(13)14(17)18/h9-13H,4-8H2,1-3H3,(H,17,18). The van der Waals surface area contributed by atoms with Gasteiger partial charge in [-0.05, 0) is 42.4 Å². The number of rotatable bonds is 2. The third-order valence-electron chi connectivity index (χ3n) is 5.71. The minimum absolute atomic E-state index is 0.0790. The quantitative estimate of drug-likeness (QED) is 0.819. The summed E-state index contributed by atoms with van der Waals surface area (Å²) < 4.78 is 0. The maximum Gasteiger partial charge on any atom is 0.308 e. The summed E-state index contributed by atoms with van der Waals surface area (Å²) in [4.78, 5) is 14.0. The minimum Gasteiger partial charge on any atom is -0.481 e. The Kier molecular flexibility index (Phi) is 2.74. The van der Waals surface area contributed by atoms with Gasteiger partial charge in [-0.25, -0.2) is 0 Å². The number of hydrogen-bond acceptors (Lipinski definition) is 2. The van der Waals surface area contributed by atoms with Crippen LogP contribution in [0.4, 0.5) is 0 Å². The molecule has 3 rings (SSSR count). The Balaban J connectivity index is 1.68. The predicted molar refractivity (Wildman–Crippen MR) is 70.3 cm³/mol. The molecule has 1 saturated heterocycles. The van der Waals surface area contributed by atoms with Crippen molar-refractivity contribution >= 4 is 5.97 Å². The molecule has 0 aromatic carbocycles. The van der Waals surface area contributed by atoms with Gasteiger partial charge in [0.25, 0.3) is 0 Å². The zero-order valence-corrected chi connectivity index (χ0v) is 11.7. The summed E-state index contributed by atoms with van der Waals surface area (Å²) in [5.41, 5.74) is 0.368. The second kappa shape index (κ2) is 3.96.